The molecule has 2 aliphatic heterocycles. The minimum Gasteiger partial charge on any atom is -0.347 e. The van der Waals surface area contributed by atoms with Crippen LogP contribution >= 0.6 is 0 Å². The van der Waals surface area contributed by atoms with Crippen molar-refractivity contribution in [2.75, 3.05) is 0 Å². The predicted octanol–water partition coefficient (Wildman–Crippen LogP) is 0.206. The molecule has 76 valence electrons. The van der Waals surface area contributed by atoms with Gasteiger partial charge in [0.2, 0.25) is 5.91 Å². The van der Waals surface area contributed by atoms with Gasteiger partial charge < -0.3 is 10.1 Å². The number of hydrogen-bond donors (Lipinski definition) is 1. The highest BCUT2D eigenvalue weighted by Crippen LogP contribution is 2.31. The highest BCUT2D eigenvalue weighted by Gasteiger charge is 2.49. The van der Waals surface area contributed by atoms with Crippen molar-refractivity contribution < 1.29 is 14.3 Å². The molecule has 0 bridgehead atoms. The van der Waals surface area contributed by atoms with Crippen molar-refractivity contribution in [3.63, 3.8) is 0 Å². The van der Waals surface area contributed by atoms with Gasteiger partial charge in [-0.05, 0) is 19.3 Å². The number of epoxide rings is 1. The van der Waals surface area contributed by atoms with Crippen molar-refractivity contribution in [2.24, 2.45) is 0 Å². The van der Waals surface area contributed by atoms with Gasteiger partial charge in [-0.1, -0.05) is 0 Å². The number of imide groups is 1. The Morgan fingerprint density at radius 1 is 1.36 bits per heavy atom. The number of carbonyl (C=O) groups excluding carboxylic acids is 2. The van der Waals surface area contributed by atoms with E-state index in [0.29, 0.717) is 6.42 Å². The van der Waals surface area contributed by atoms with Crippen LogP contribution in [0.4, 0.5) is 4.79 Å². The molecule has 0 aromatic carbocycles. The fourth-order valence-electron chi connectivity index (χ4n) is 2.01. The summed E-state index contributed by atoms with van der Waals surface area (Å²) in [4.78, 5) is 24.7. The second-order valence-corrected chi connectivity index (χ2v) is 4.10. The quantitative estimate of drug-likeness (QED) is 0.609. The Kier molecular flexibility index (Phi) is 1.58. The molecule has 3 aliphatic rings. The van der Waals surface area contributed by atoms with Crippen LogP contribution in [0.15, 0.2) is 0 Å². The van der Waals surface area contributed by atoms with Crippen LogP contribution in [-0.2, 0) is 9.53 Å². The molecule has 3 fully saturated rings. The molecule has 1 saturated carbocycles. The Balaban J connectivity index is 1.79. The van der Waals surface area contributed by atoms with Gasteiger partial charge in [0.1, 0.15) is 6.10 Å². The van der Waals surface area contributed by atoms with Gasteiger partial charge in [-0.25, -0.2) is 4.79 Å². The van der Waals surface area contributed by atoms with Gasteiger partial charge in [0.05, 0.1) is 6.42 Å². The zero-order valence-electron chi connectivity index (χ0n) is 7.73. The van der Waals surface area contributed by atoms with Crippen LogP contribution in [0.25, 0.3) is 0 Å². The summed E-state index contributed by atoms with van der Waals surface area (Å²) in [6.45, 7) is 0. The molecule has 2 atom stereocenters. The average molecular weight is 196 g/mol. The van der Waals surface area contributed by atoms with E-state index in [1.54, 1.807) is 0 Å². The normalized spacial score (nSPS) is 37.0. The molecule has 0 aromatic heterocycles. The third-order valence-corrected chi connectivity index (χ3v) is 3.15. The van der Waals surface area contributed by atoms with E-state index in [0.717, 1.165) is 19.3 Å². The van der Waals surface area contributed by atoms with Gasteiger partial charge >= 0.3 is 6.03 Å². The maximum Gasteiger partial charge on any atom is 0.326 e. The highest BCUT2D eigenvalue weighted by molar-refractivity contribution is 5.96. The first-order valence-corrected chi connectivity index (χ1v) is 5.04. The smallest absolute Gasteiger partial charge is 0.326 e. The van der Waals surface area contributed by atoms with Crippen molar-refractivity contribution in [1.29, 1.82) is 0 Å². The fraction of sp³-hybridized carbons (Fsp3) is 0.778. The van der Waals surface area contributed by atoms with E-state index in [2.05, 4.69) is 5.32 Å². The van der Waals surface area contributed by atoms with Crippen molar-refractivity contribution in [2.45, 2.75) is 44.1 Å². The van der Waals surface area contributed by atoms with Gasteiger partial charge in [0.25, 0.3) is 0 Å². The first kappa shape index (κ1) is 8.23. The fourth-order valence-corrected chi connectivity index (χ4v) is 2.01. The molecule has 1 N–H and O–H groups in total. The molecular formula is C9H12N2O3. The molecule has 2 saturated heterocycles. The zero-order chi connectivity index (χ0) is 9.71. The van der Waals surface area contributed by atoms with Crippen LogP contribution in [-0.4, -0.2) is 35.2 Å². The van der Waals surface area contributed by atoms with Crippen LogP contribution < -0.4 is 5.32 Å². The van der Waals surface area contributed by atoms with E-state index < -0.39 is 0 Å². The summed E-state index contributed by atoms with van der Waals surface area (Å²) in [6, 6.07) is -0.135. The Hall–Kier alpha value is -1.10. The number of fused-ring (bicyclic) bond motifs is 1. The summed E-state index contributed by atoms with van der Waals surface area (Å²) in [5.41, 5.74) is 0. The minimum atomic E-state index is -0.273. The van der Waals surface area contributed by atoms with Crippen LogP contribution in [0, 0.1) is 0 Å². The summed E-state index contributed by atoms with van der Waals surface area (Å²) in [6.07, 6.45) is 3.09. The Bertz CT molecular complexity index is 278. The van der Waals surface area contributed by atoms with Gasteiger partial charge in [-0.15, -0.1) is 0 Å². The lowest BCUT2D eigenvalue weighted by molar-refractivity contribution is -0.131. The highest BCUT2D eigenvalue weighted by atomic mass is 16.6. The maximum atomic E-state index is 11.7. The van der Waals surface area contributed by atoms with Gasteiger partial charge in [-0.3, -0.25) is 9.69 Å². The molecular weight excluding hydrogens is 184 g/mol. The molecule has 2 heterocycles. The number of hydrogen-bond acceptors (Lipinski definition) is 3. The summed E-state index contributed by atoms with van der Waals surface area (Å²) in [5.74, 6) is -0.0859. The summed E-state index contributed by atoms with van der Waals surface area (Å²) < 4.78 is 5.10. The molecule has 5 heteroatoms. The lowest BCUT2D eigenvalue weighted by atomic mass is 9.91. The van der Waals surface area contributed by atoms with E-state index in [-0.39, 0.29) is 30.3 Å². The van der Waals surface area contributed by atoms with Gasteiger partial charge in [0.15, 0.2) is 6.23 Å². The molecule has 14 heavy (non-hydrogen) atoms. The Morgan fingerprint density at radius 2 is 2.14 bits per heavy atom. The van der Waals surface area contributed by atoms with E-state index in [9.17, 15) is 9.59 Å². The van der Waals surface area contributed by atoms with Crippen molar-refractivity contribution >= 4 is 11.9 Å². The van der Waals surface area contributed by atoms with Gasteiger partial charge in [-0.2, -0.15) is 0 Å². The number of rotatable bonds is 1. The van der Waals surface area contributed by atoms with Gasteiger partial charge in [0, 0.05) is 6.04 Å². The summed E-state index contributed by atoms with van der Waals surface area (Å²) in [5, 5.41) is 2.69. The molecule has 0 spiro atoms. The summed E-state index contributed by atoms with van der Waals surface area (Å²) >= 11 is 0. The van der Waals surface area contributed by atoms with Crippen molar-refractivity contribution in [3.8, 4) is 0 Å². The average Bonchev–Trinajstić information content (AvgIpc) is 2.73. The first-order valence-electron chi connectivity index (χ1n) is 5.04. The number of nitrogens with one attached hydrogen (secondary N) is 1. The third kappa shape index (κ3) is 1.12. The molecule has 0 radical (unpaired) electrons. The monoisotopic (exact) mass is 196 g/mol. The Labute approximate surface area is 81.4 Å². The van der Waals surface area contributed by atoms with E-state index >= 15 is 0 Å². The zero-order valence-corrected chi connectivity index (χ0v) is 7.73. The number of amides is 3. The molecule has 2 unspecified atom stereocenters. The van der Waals surface area contributed by atoms with E-state index in [4.69, 9.17) is 4.74 Å². The van der Waals surface area contributed by atoms with Crippen LogP contribution in [0.5, 0.6) is 0 Å². The van der Waals surface area contributed by atoms with E-state index in [1.165, 1.54) is 4.90 Å². The second-order valence-electron chi connectivity index (χ2n) is 4.10. The van der Waals surface area contributed by atoms with E-state index in [1.807, 2.05) is 0 Å². The maximum absolute atomic E-state index is 11.7. The second kappa shape index (κ2) is 2.70. The van der Waals surface area contributed by atoms with Crippen LogP contribution in [0.3, 0.4) is 0 Å². The predicted molar refractivity (Wildman–Crippen MR) is 46.3 cm³/mol. The number of nitrogens with zero attached hydrogens (tertiary/aromatic N) is 1. The lowest BCUT2D eigenvalue weighted by Crippen LogP contribution is -2.51. The molecule has 1 aliphatic carbocycles. The molecule has 3 amide bonds. The van der Waals surface area contributed by atoms with Crippen LogP contribution in [0.1, 0.15) is 25.7 Å². The molecule has 0 aromatic rings. The molecule has 3 rings (SSSR count). The minimum absolute atomic E-state index is 0.0727. The first-order chi connectivity index (χ1) is 6.75. The number of urea groups is 1. The third-order valence-electron chi connectivity index (χ3n) is 3.15. The summed E-state index contributed by atoms with van der Waals surface area (Å²) in [7, 11) is 0. The van der Waals surface area contributed by atoms with Crippen molar-refractivity contribution in [3.05, 3.63) is 0 Å². The standard InChI is InChI=1S/C9H12N2O3/c12-7-4-6-8(14-6)10-9(13)11(7)5-2-1-3-5/h5-6,8H,1-4H2,(H,10,13). The lowest BCUT2D eigenvalue weighted by Gasteiger charge is -2.35. The largest absolute Gasteiger partial charge is 0.347 e. The molecule has 5 nitrogen and oxygen atoms in total. The topological polar surface area (TPSA) is 61.9 Å². The van der Waals surface area contributed by atoms with Crippen LogP contribution in [0.2, 0.25) is 0 Å². The number of carbonyl (C=O) groups is 2. The van der Waals surface area contributed by atoms with Crippen molar-refractivity contribution in [1.82, 2.24) is 10.2 Å². The number of ether oxygens (including phenoxy) is 1. The SMILES string of the molecule is O=C1CC2OC2NC(=O)N1C1CCC1. The Morgan fingerprint density at radius 3 is 2.79 bits per heavy atom.